The molecular weight excluding hydrogens is 414 g/mol. The van der Waals surface area contributed by atoms with Gasteiger partial charge in [-0.15, -0.1) is 0 Å². The summed E-state index contributed by atoms with van der Waals surface area (Å²) in [6.07, 6.45) is 0.745. The highest BCUT2D eigenvalue weighted by Crippen LogP contribution is 2.29. The highest BCUT2D eigenvalue weighted by Gasteiger charge is 2.33. The highest BCUT2D eigenvalue weighted by molar-refractivity contribution is 7.93. The number of amides is 1. The molecule has 2 aromatic carbocycles. The van der Waals surface area contributed by atoms with Gasteiger partial charge in [-0.1, -0.05) is 36.3 Å². The standard InChI is InChI=1S/C23H27N3O4S/c1-6-19-9-7-8-10-21(19)24-22(27)14-26(20-12-15(2)11-16(3)13-20)31(28,29)23-17(4)25-30-18(23)5/h7-13H,6,14H2,1-5H3,(H,24,27). The van der Waals surface area contributed by atoms with Crippen LogP contribution in [0.1, 0.15) is 35.1 Å². The zero-order valence-corrected chi connectivity index (χ0v) is 19.2. The van der Waals surface area contributed by atoms with Crippen molar-refractivity contribution in [2.24, 2.45) is 0 Å². The van der Waals surface area contributed by atoms with Crippen LogP contribution in [-0.4, -0.2) is 26.0 Å². The molecule has 0 aliphatic rings. The largest absolute Gasteiger partial charge is 0.360 e. The van der Waals surface area contributed by atoms with Crippen LogP contribution in [0.25, 0.3) is 0 Å². The molecule has 31 heavy (non-hydrogen) atoms. The molecule has 0 bridgehead atoms. The maximum Gasteiger partial charge on any atom is 0.270 e. The first-order chi connectivity index (χ1) is 14.6. The molecule has 3 aromatic rings. The van der Waals surface area contributed by atoms with Crippen LogP contribution in [0.5, 0.6) is 0 Å². The van der Waals surface area contributed by atoms with E-state index in [1.165, 1.54) is 0 Å². The first kappa shape index (κ1) is 22.6. The summed E-state index contributed by atoms with van der Waals surface area (Å²) < 4.78 is 33.4. The van der Waals surface area contributed by atoms with Gasteiger partial charge in [0, 0.05) is 5.69 Å². The molecule has 3 rings (SSSR count). The van der Waals surface area contributed by atoms with E-state index >= 15 is 0 Å². The summed E-state index contributed by atoms with van der Waals surface area (Å²) >= 11 is 0. The Morgan fingerprint density at radius 3 is 2.29 bits per heavy atom. The molecule has 0 radical (unpaired) electrons. The number of carbonyl (C=O) groups is 1. The first-order valence-electron chi connectivity index (χ1n) is 10.0. The lowest BCUT2D eigenvalue weighted by Crippen LogP contribution is -2.38. The predicted octanol–water partition coefficient (Wildman–Crippen LogP) is 4.30. The summed E-state index contributed by atoms with van der Waals surface area (Å²) in [5.74, 6) is -0.251. The van der Waals surface area contributed by atoms with Gasteiger partial charge in [0.15, 0.2) is 10.7 Å². The van der Waals surface area contributed by atoms with E-state index in [0.717, 1.165) is 27.4 Å². The molecule has 164 valence electrons. The summed E-state index contributed by atoms with van der Waals surface area (Å²) in [6, 6.07) is 12.9. The van der Waals surface area contributed by atoms with Gasteiger partial charge in [0.25, 0.3) is 10.0 Å². The second-order valence-corrected chi connectivity index (χ2v) is 9.37. The summed E-state index contributed by atoms with van der Waals surface area (Å²) in [6.45, 7) is 8.50. The van der Waals surface area contributed by atoms with Gasteiger partial charge in [-0.2, -0.15) is 0 Å². The van der Waals surface area contributed by atoms with Crippen LogP contribution < -0.4 is 9.62 Å². The maximum absolute atomic E-state index is 13.6. The Morgan fingerprint density at radius 1 is 1.06 bits per heavy atom. The van der Waals surface area contributed by atoms with E-state index in [4.69, 9.17) is 4.52 Å². The third-order valence-electron chi connectivity index (χ3n) is 4.97. The van der Waals surface area contributed by atoms with Gasteiger partial charge in [0.2, 0.25) is 5.91 Å². The molecule has 0 aliphatic heterocycles. The number of benzene rings is 2. The number of sulfonamides is 1. The Bertz CT molecular complexity index is 1180. The van der Waals surface area contributed by atoms with Crippen LogP contribution in [0.4, 0.5) is 11.4 Å². The van der Waals surface area contributed by atoms with Crippen molar-refractivity contribution in [3.05, 3.63) is 70.6 Å². The fourth-order valence-electron chi connectivity index (χ4n) is 3.63. The van der Waals surface area contributed by atoms with Crippen molar-refractivity contribution in [3.63, 3.8) is 0 Å². The van der Waals surface area contributed by atoms with Crippen molar-refractivity contribution in [2.75, 3.05) is 16.2 Å². The lowest BCUT2D eigenvalue weighted by molar-refractivity contribution is -0.114. The zero-order valence-electron chi connectivity index (χ0n) is 18.4. The molecule has 0 spiro atoms. The lowest BCUT2D eigenvalue weighted by Gasteiger charge is -2.25. The van der Waals surface area contributed by atoms with Crippen LogP contribution in [0.15, 0.2) is 51.9 Å². The minimum Gasteiger partial charge on any atom is -0.360 e. The number of aromatic nitrogens is 1. The van der Waals surface area contributed by atoms with Crippen LogP contribution >= 0.6 is 0 Å². The number of aryl methyl sites for hydroxylation is 5. The quantitative estimate of drug-likeness (QED) is 0.590. The number of para-hydroxylation sites is 1. The number of nitrogens with one attached hydrogen (secondary N) is 1. The molecule has 1 N–H and O–H groups in total. The molecule has 1 heterocycles. The van der Waals surface area contributed by atoms with E-state index in [2.05, 4.69) is 10.5 Å². The molecule has 1 amide bonds. The summed E-state index contributed by atoms with van der Waals surface area (Å²) in [5, 5.41) is 6.64. The monoisotopic (exact) mass is 441 g/mol. The molecule has 8 heteroatoms. The van der Waals surface area contributed by atoms with Crippen LogP contribution in [0.3, 0.4) is 0 Å². The van der Waals surface area contributed by atoms with Crippen molar-refractivity contribution < 1.29 is 17.7 Å². The maximum atomic E-state index is 13.6. The van der Waals surface area contributed by atoms with E-state index in [1.807, 2.05) is 45.0 Å². The number of hydrogen-bond acceptors (Lipinski definition) is 5. The van der Waals surface area contributed by atoms with Gasteiger partial charge >= 0.3 is 0 Å². The fourth-order valence-corrected chi connectivity index (χ4v) is 5.34. The van der Waals surface area contributed by atoms with Gasteiger partial charge in [0.1, 0.15) is 12.2 Å². The normalized spacial score (nSPS) is 11.4. The number of nitrogens with zero attached hydrogens (tertiary/aromatic N) is 2. The minimum atomic E-state index is -4.09. The smallest absolute Gasteiger partial charge is 0.270 e. The van der Waals surface area contributed by atoms with Crippen molar-refractivity contribution in [1.29, 1.82) is 0 Å². The average molecular weight is 442 g/mol. The van der Waals surface area contributed by atoms with Crippen LogP contribution in [0, 0.1) is 27.7 Å². The fraction of sp³-hybridized carbons (Fsp3) is 0.304. The second-order valence-electron chi connectivity index (χ2n) is 7.57. The molecule has 0 atom stereocenters. The summed E-state index contributed by atoms with van der Waals surface area (Å²) in [5.41, 5.74) is 4.10. The van der Waals surface area contributed by atoms with Crippen molar-refractivity contribution >= 4 is 27.3 Å². The molecule has 1 aromatic heterocycles. The molecule has 0 unspecified atom stereocenters. The molecule has 0 saturated heterocycles. The van der Waals surface area contributed by atoms with E-state index in [-0.39, 0.29) is 22.9 Å². The van der Waals surface area contributed by atoms with Gasteiger partial charge in [-0.05, 0) is 69.0 Å². The second kappa shape index (κ2) is 8.93. The van der Waals surface area contributed by atoms with Crippen molar-refractivity contribution in [1.82, 2.24) is 5.16 Å². The van der Waals surface area contributed by atoms with E-state index in [1.54, 1.807) is 32.0 Å². The van der Waals surface area contributed by atoms with E-state index < -0.39 is 15.9 Å². The third-order valence-corrected chi connectivity index (χ3v) is 6.99. The molecule has 7 nitrogen and oxygen atoms in total. The van der Waals surface area contributed by atoms with Crippen LogP contribution in [0.2, 0.25) is 0 Å². The minimum absolute atomic E-state index is 0.0200. The van der Waals surface area contributed by atoms with Gasteiger partial charge in [-0.3, -0.25) is 9.10 Å². The first-order valence-corrected chi connectivity index (χ1v) is 11.5. The Morgan fingerprint density at radius 2 is 1.71 bits per heavy atom. The van der Waals surface area contributed by atoms with Gasteiger partial charge < -0.3 is 9.84 Å². The Balaban J connectivity index is 2.03. The molecule has 0 aliphatic carbocycles. The number of anilines is 2. The Labute approximate surface area is 183 Å². The Kier molecular flexibility index (Phi) is 6.50. The molecular formula is C23H27N3O4S. The lowest BCUT2D eigenvalue weighted by atomic mass is 10.1. The van der Waals surface area contributed by atoms with Crippen molar-refractivity contribution in [2.45, 2.75) is 45.9 Å². The van der Waals surface area contributed by atoms with Crippen molar-refractivity contribution in [3.8, 4) is 0 Å². The summed E-state index contributed by atoms with van der Waals surface area (Å²) in [7, 11) is -4.09. The molecule has 0 fully saturated rings. The number of hydrogen-bond donors (Lipinski definition) is 1. The van der Waals surface area contributed by atoms with Gasteiger partial charge in [-0.25, -0.2) is 8.42 Å². The van der Waals surface area contributed by atoms with E-state index in [0.29, 0.717) is 11.4 Å². The number of rotatable bonds is 7. The topological polar surface area (TPSA) is 92.5 Å². The average Bonchev–Trinajstić information content (AvgIpc) is 3.04. The zero-order chi connectivity index (χ0) is 22.8. The SMILES string of the molecule is CCc1ccccc1NC(=O)CN(c1cc(C)cc(C)c1)S(=O)(=O)c1c(C)noc1C. The highest BCUT2D eigenvalue weighted by atomic mass is 32.2. The third kappa shape index (κ3) is 4.80. The van der Waals surface area contributed by atoms with Crippen LogP contribution in [-0.2, 0) is 21.2 Å². The van der Waals surface area contributed by atoms with E-state index in [9.17, 15) is 13.2 Å². The number of carbonyl (C=O) groups excluding carboxylic acids is 1. The summed E-state index contributed by atoms with van der Waals surface area (Å²) in [4.78, 5) is 12.9. The predicted molar refractivity (Wildman–Crippen MR) is 121 cm³/mol. The molecule has 0 saturated carbocycles. The Hall–Kier alpha value is -3.13. The van der Waals surface area contributed by atoms with Gasteiger partial charge in [0.05, 0.1) is 5.69 Å².